The lowest BCUT2D eigenvalue weighted by Crippen LogP contribution is -2.31. The molecule has 3 atom stereocenters. The van der Waals surface area contributed by atoms with Gasteiger partial charge in [0.15, 0.2) is 0 Å². The molecule has 1 aliphatic heterocycles. The lowest BCUT2D eigenvalue weighted by atomic mass is 10.1. The van der Waals surface area contributed by atoms with Crippen LogP contribution in [0.5, 0.6) is 0 Å². The number of nitrogens with two attached hydrogens (primary N) is 2. The molecule has 0 saturated carbocycles. The van der Waals surface area contributed by atoms with Crippen molar-refractivity contribution in [3.8, 4) is 0 Å². The SMILES string of the molecule is CC(C)C[C@H](N)C(=O)O.C[C@@H](C(=O)O)N(C=CC(=O)O)C=CC(=O)O.NCC(=O)O.O=C(O)[C@@H]1CCCN1. The van der Waals surface area contributed by atoms with Crippen LogP contribution in [0.3, 0.4) is 0 Å². The number of hydrogen-bond donors (Lipinski definition) is 9. The second-order valence-corrected chi connectivity index (χ2v) is 7.93. The summed E-state index contributed by atoms with van der Waals surface area (Å²) >= 11 is 0. The summed E-state index contributed by atoms with van der Waals surface area (Å²) in [6.07, 6.45) is 5.71. The number of hydrogen-bond acceptors (Lipinski definition) is 10. The zero-order chi connectivity index (χ0) is 30.4. The van der Waals surface area contributed by atoms with Gasteiger partial charge in [0, 0.05) is 24.6 Å². The normalized spacial score (nSPS) is 15.6. The van der Waals surface area contributed by atoms with Crippen LogP contribution in [0.25, 0.3) is 0 Å². The van der Waals surface area contributed by atoms with Gasteiger partial charge in [-0.15, -0.1) is 0 Å². The van der Waals surface area contributed by atoms with Crippen LogP contribution in [-0.2, 0) is 28.8 Å². The average molecular weight is 551 g/mol. The lowest BCUT2D eigenvalue weighted by Gasteiger charge is -2.19. The minimum Gasteiger partial charge on any atom is -0.480 e. The number of aliphatic carboxylic acids is 6. The summed E-state index contributed by atoms with van der Waals surface area (Å²) in [6, 6.07) is -2.02. The third-order valence-electron chi connectivity index (χ3n) is 4.16. The summed E-state index contributed by atoms with van der Waals surface area (Å²) in [5.41, 5.74) is 9.79. The minimum atomic E-state index is -1.26. The van der Waals surface area contributed by atoms with Crippen LogP contribution in [0.2, 0.25) is 0 Å². The predicted octanol–water partition coefficient (Wildman–Crippen LogP) is -0.745. The number of carbonyl (C=O) groups is 6. The summed E-state index contributed by atoms with van der Waals surface area (Å²) in [4.78, 5) is 61.5. The highest BCUT2D eigenvalue weighted by molar-refractivity contribution is 5.81. The standard InChI is InChI=1S/C9H11NO6.C6H13NO2.C5H9NO2.C2H5NO2/c1-6(9(15)16)10(4-2-7(11)12)5-3-8(13)14;1-4(2)3-5(7)6(8)9;7-5(8)4-2-1-3-6-4;3-1-2(4)5/h2-6H,1H3,(H,11,12)(H,13,14)(H,15,16);4-5H,3,7H2,1-2H3,(H,8,9);4,6H,1-3H2,(H,7,8);1,3H2,(H,4,5)/t6-;5-;4-;/m000./s1. The van der Waals surface area contributed by atoms with Crippen LogP contribution in [0.4, 0.5) is 0 Å². The van der Waals surface area contributed by atoms with Crippen LogP contribution in [-0.4, -0.2) is 103 Å². The van der Waals surface area contributed by atoms with Gasteiger partial charge in [-0.3, -0.25) is 14.4 Å². The molecule has 0 aliphatic carbocycles. The summed E-state index contributed by atoms with van der Waals surface area (Å²) in [5, 5.41) is 52.5. The van der Waals surface area contributed by atoms with E-state index in [4.69, 9.17) is 36.4 Å². The van der Waals surface area contributed by atoms with Gasteiger partial charge < -0.3 is 52.3 Å². The smallest absolute Gasteiger partial charge is 0.329 e. The van der Waals surface area contributed by atoms with E-state index in [9.17, 15) is 28.8 Å². The molecule has 0 aromatic rings. The highest BCUT2D eigenvalue weighted by Crippen LogP contribution is 2.04. The van der Waals surface area contributed by atoms with Gasteiger partial charge in [0.2, 0.25) is 0 Å². The van der Waals surface area contributed by atoms with E-state index in [0.717, 1.165) is 36.7 Å². The van der Waals surface area contributed by atoms with E-state index in [1.54, 1.807) is 0 Å². The molecule has 38 heavy (non-hydrogen) atoms. The topological polar surface area (TPSA) is 291 Å². The quantitative estimate of drug-likeness (QED) is 0.143. The Balaban J connectivity index is -0.000000471. The first-order chi connectivity index (χ1) is 17.5. The molecule has 0 aromatic carbocycles. The molecule has 0 radical (unpaired) electrons. The predicted molar refractivity (Wildman–Crippen MR) is 133 cm³/mol. The van der Waals surface area contributed by atoms with E-state index in [1.165, 1.54) is 6.92 Å². The van der Waals surface area contributed by atoms with Gasteiger partial charge in [0.25, 0.3) is 0 Å². The molecule has 16 heteroatoms. The maximum absolute atomic E-state index is 10.6. The van der Waals surface area contributed by atoms with Crippen molar-refractivity contribution in [1.29, 1.82) is 0 Å². The molecule has 1 fully saturated rings. The Morgan fingerprint density at radius 2 is 1.34 bits per heavy atom. The minimum absolute atomic E-state index is 0.269. The van der Waals surface area contributed by atoms with Crippen molar-refractivity contribution in [1.82, 2.24) is 10.2 Å². The molecule has 11 N–H and O–H groups in total. The first kappa shape index (κ1) is 38.5. The highest BCUT2D eigenvalue weighted by atomic mass is 16.4. The maximum atomic E-state index is 10.6. The van der Waals surface area contributed by atoms with Gasteiger partial charge in [-0.05, 0) is 38.6 Å². The lowest BCUT2D eigenvalue weighted by molar-refractivity contribution is -0.141. The van der Waals surface area contributed by atoms with Crippen molar-refractivity contribution >= 4 is 35.8 Å². The van der Waals surface area contributed by atoms with Crippen LogP contribution in [0.1, 0.15) is 40.0 Å². The zero-order valence-corrected chi connectivity index (χ0v) is 21.4. The summed E-state index contributed by atoms with van der Waals surface area (Å²) in [6.45, 7) is 5.77. The number of nitrogens with zero attached hydrogens (tertiary/aromatic N) is 1. The van der Waals surface area contributed by atoms with Crippen molar-refractivity contribution in [2.24, 2.45) is 17.4 Å². The van der Waals surface area contributed by atoms with E-state index < -0.39 is 47.9 Å². The Bertz CT molecular complexity index is 799. The van der Waals surface area contributed by atoms with Crippen molar-refractivity contribution in [2.45, 2.75) is 58.2 Å². The Hall–Kier alpha value is -4.02. The Kier molecular flexibility index (Phi) is 22.5. The number of nitrogens with one attached hydrogen (secondary N) is 1. The summed E-state index contributed by atoms with van der Waals surface area (Å²) in [7, 11) is 0. The summed E-state index contributed by atoms with van der Waals surface area (Å²) < 4.78 is 0. The molecular weight excluding hydrogens is 512 g/mol. The van der Waals surface area contributed by atoms with Crippen LogP contribution in [0.15, 0.2) is 24.6 Å². The first-order valence-electron chi connectivity index (χ1n) is 11.1. The molecule has 218 valence electrons. The van der Waals surface area contributed by atoms with Gasteiger partial charge in [-0.25, -0.2) is 14.4 Å². The Morgan fingerprint density at radius 1 is 0.895 bits per heavy atom. The zero-order valence-electron chi connectivity index (χ0n) is 21.4. The number of carboxylic acid groups (broad SMARTS) is 6. The van der Waals surface area contributed by atoms with E-state index >= 15 is 0 Å². The van der Waals surface area contributed by atoms with Gasteiger partial charge in [-0.1, -0.05) is 13.8 Å². The molecule has 1 rings (SSSR count). The van der Waals surface area contributed by atoms with Crippen LogP contribution in [0, 0.1) is 5.92 Å². The van der Waals surface area contributed by atoms with E-state index in [0.29, 0.717) is 24.5 Å². The Morgan fingerprint density at radius 3 is 1.53 bits per heavy atom. The fourth-order valence-corrected chi connectivity index (χ4v) is 2.24. The monoisotopic (exact) mass is 550 g/mol. The molecule has 1 aliphatic rings. The number of rotatable bonds is 11. The molecule has 0 amide bonds. The van der Waals surface area contributed by atoms with Gasteiger partial charge in [-0.2, -0.15) is 0 Å². The van der Waals surface area contributed by atoms with Crippen LogP contribution < -0.4 is 16.8 Å². The van der Waals surface area contributed by atoms with Gasteiger partial charge >= 0.3 is 35.8 Å². The van der Waals surface area contributed by atoms with E-state index in [2.05, 4.69) is 11.1 Å². The largest absolute Gasteiger partial charge is 0.480 e. The second kappa shape index (κ2) is 22.2. The fourth-order valence-electron chi connectivity index (χ4n) is 2.24. The average Bonchev–Trinajstić information content (AvgIpc) is 3.34. The first-order valence-corrected chi connectivity index (χ1v) is 11.1. The molecule has 0 spiro atoms. The van der Waals surface area contributed by atoms with Crippen molar-refractivity contribution in [3.63, 3.8) is 0 Å². The third kappa shape index (κ3) is 25.1. The van der Waals surface area contributed by atoms with Crippen LogP contribution >= 0.6 is 0 Å². The maximum Gasteiger partial charge on any atom is 0.329 e. The van der Waals surface area contributed by atoms with E-state index in [-0.39, 0.29) is 12.6 Å². The van der Waals surface area contributed by atoms with E-state index in [1.807, 2.05) is 13.8 Å². The fraction of sp³-hybridized carbons (Fsp3) is 0.545. The third-order valence-corrected chi connectivity index (χ3v) is 4.16. The number of carboxylic acids is 6. The highest BCUT2D eigenvalue weighted by Gasteiger charge is 2.20. The molecule has 0 unspecified atom stereocenters. The molecule has 0 bridgehead atoms. The Labute approximate surface area is 219 Å². The van der Waals surface area contributed by atoms with Gasteiger partial charge in [0.1, 0.15) is 18.1 Å². The summed E-state index contributed by atoms with van der Waals surface area (Å²) in [5.74, 6) is -5.96. The molecule has 16 nitrogen and oxygen atoms in total. The van der Waals surface area contributed by atoms with Crippen molar-refractivity contribution in [3.05, 3.63) is 24.6 Å². The molecule has 0 aromatic heterocycles. The molecular formula is C22H38N4O12. The van der Waals surface area contributed by atoms with Crippen molar-refractivity contribution < 1.29 is 59.4 Å². The van der Waals surface area contributed by atoms with Gasteiger partial charge in [0.05, 0.1) is 6.54 Å². The second-order valence-electron chi connectivity index (χ2n) is 7.93. The molecule has 1 saturated heterocycles. The van der Waals surface area contributed by atoms with Crippen molar-refractivity contribution in [2.75, 3.05) is 13.1 Å². The molecule has 1 heterocycles.